The first kappa shape index (κ1) is 53.5. The van der Waals surface area contributed by atoms with Crippen molar-refractivity contribution < 1.29 is 103 Å². The molecule has 3 heterocycles. The van der Waals surface area contributed by atoms with E-state index in [-0.39, 0.29) is 98.5 Å². The zero-order chi connectivity index (χ0) is 36.3. The first-order valence-electron chi connectivity index (χ1n) is 15.9. The minimum absolute atomic E-state index is 0. The van der Waals surface area contributed by atoms with Crippen molar-refractivity contribution in [3.05, 3.63) is 102 Å². The second-order valence-electron chi connectivity index (χ2n) is 11.6. The number of pyridine rings is 2. The number of benzene rings is 1. The maximum Gasteiger partial charge on any atom is 0 e. The van der Waals surface area contributed by atoms with Gasteiger partial charge in [-0.25, -0.2) is 0 Å². The van der Waals surface area contributed by atoms with Crippen LogP contribution in [-0.4, -0.2) is 141 Å². The number of hydrogen-bond acceptors (Lipinski definition) is 10. The van der Waals surface area contributed by atoms with E-state index in [1.807, 2.05) is 39.0 Å². The molecule has 2 aromatic heterocycles. The van der Waals surface area contributed by atoms with Crippen molar-refractivity contribution in [1.29, 1.82) is 0 Å². The van der Waals surface area contributed by atoms with Crippen LogP contribution in [0.15, 0.2) is 67.1 Å². The predicted molar refractivity (Wildman–Crippen MR) is 199 cm³/mol. The Morgan fingerprint density at radius 2 is 1.19 bits per heavy atom. The topological polar surface area (TPSA) is 258 Å². The molecule has 1 aliphatic heterocycles. The molecule has 0 aliphatic carbocycles. The van der Waals surface area contributed by atoms with E-state index in [2.05, 4.69) is 41.4 Å². The Labute approximate surface area is 372 Å². The van der Waals surface area contributed by atoms with Gasteiger partial charge in [0, 0.05) is 149 Å². The summed E-state index contributed by atoms with van der Waals surface area (Å²) in [6.45, 7) is 5.97. The summed E-state index contributed by atoms with van der Waals surface area (Å²) in [5.74, 6) is 4.27. The Morgan fingerprint density at radius 1 is 0.722 bits per heavy atom. The molecule has 1 aliphatic rings. The van der Waals surface area contributed by atoms with Gasteiger partial charge in [0.25, 0.3) is 5.91 Å². The fourth-order valence-corrected chi connectivity index (χ4v) is 5.27. The molecule has 1 amide bonds. The third-order valence-electron chi connectivity index (χ3n) is 7.73. The van der Waals surface area contributed by atoms with Crippen LogP contribution in [0.3, 0.4) is 0 Å². The number of anilines is 1. The molecule has 16 nitrogen and oxygen atoms in total. The number of carbonyl (C=O) groups is 4. The van der Waals surface area contributed by atoms with Gasteiger partial charge in [0.05, 0.1) is 25.3 Å². The summed E-state index contributed by atoms with van der Waals surface area (Å²) >= 11 is 1.61. The van der Waals surface area contributed by atoms with Crippen LogP contribution in [0.5, 0.6) is 0 Å². The van der Waals surface area contributed by atoms with Gasteiger partial charge in [0.1, 0.15) is 5.78 Å². The van der Waals surface area contributed by atoms with Crippen molar-refractivity contribution in [2.45, 2.75) is 13.5 Å². The molecule has 54 heavy (non-hydrogen) atoms. The maximum atomic E-state index is 12.4. The number of aliphatic carboxylic acids is 2. The molecule has 3 aromatic rings. The van der Waals surface area contributed by atoms with Crippen LogP contribution in [0.25, 0.3) is 12.3 Å². The number of carboxylic acid groups (broad SMARTS) is 2. The predicted octanol–water partition coefficient (Wildman–Crippen LogP) is 2.91. The number of nitrogens with two attached hydrogens (primary N) is 2. The minimum atomic E-state index is -0.920. The van der Waals surface area contributed by atoms with E-state index in [9.17, 15) is 29.4 Å². The van der Waals surface area contributed by atoms with E-state index in [4.69, 9.17) is 0 Å². The van der Waals surface area contributed by atoms with Crippen LogP contribution < -0.4 is 5.32 Å². The largest absolute Gasteiger partial charge is 0.693 e. The molecule has 1 aromatic carbocycles. The normalized spacial score (nSPS) is 14.1. The molecule has 9 N–H and O–H groups in total. The van der Waals surface area contributed by atoms with E-state index < -0.39 is 11.9 Å². The average molecular weight is 1090 g/mol. The monoisotopic (exact) mass is 1090 g/mol. The molecular weight excluding hydrogens is 1040 g/mol. The Bertz CT molecular complexity index is 1600. The van der Waals surface area contributed by atoms with Crippen LogP contribution in [0.1, 0.15) is 34.1 Å². The van der Waals surface area contributed by atoms with Gasteiger partial charge in [-0.2, -0.15) is 0 Å². The van der Waals surface area contributed by atoms with Gasteiger partial charge in [-0.15, -0.1) is 0 Å². The molecule has 1 fully saturated rings. The summed E-state index contributed by atoms with van der Waals surface area (Å²) in [7, 11) is 4.61. The molecule has 0 atom stereocenters. The summed E-state index contributed by atoms with van der Waals surface area (Å²) in [4.78, 5) is 63.8. The van der Waals surface area contributed by atoms with Gasteiger partial charge < -0.3 is 33.3 Å². The van der Waals surface area contributed by atoms with E-state index in [1.165, 1.54) is 6.92 Å². The second-order valence-corrected chi connectivity index (χ2v) is 11.6. The zero-order valence-corrected chi connectivity index (χ0v) is 35.2. The molecule has 0 saturated carbocycles. The number of hydrogen-bond donors (Lipinski definition) is 3. The van der Waals surface area contributed by atoms with E-state index in [0.717, 1.165) is 16.8 Å². The number of nitrogens with one attached hydrogen (secondary N) is 1. The first-order chi connectivity index (χ1) is 24.1. The zero-order valence-electron chi connectivity index (χ0n) is 29.8. The molecule has 19 heteroatoms. The standard InChI is InChI=1S/C35H41N7O6.ClH.Eu.2H2N.H2O.Pt/c1-27(43)23-39-14-18-41(25-33(44)45)20-16-40(17-21-42(19-15-39)26-34(46)47)24-32-22-29(8-13-37-32)3-2-28-4-6-31(7-5-28)38-35(48)30-9-11-36-12-10-30;;;;;;/h4-13,22H,14-21,23-26H2,1H3,(H,38,48)(H,44,45)(H,46,47);1H;;3*1H2;/q;;;2*-1;;+1/p-1. The van der Waals surface area contributed by atoms with Crippen molar-refractivity contribution in [2.75, 3.05) is 77.3 Å². The Hall–Kier alpha value is -2.56. The summed E-state index contributed by atoms with van der Waals surface area (Å²) in [6, 6.07) is 14.3. The van der Waals surface area contributed by atoms with Crippen molar-refractivity contribution in [2.24, 2.45) is 0 Å². The van der Waals surface area contributed by atoms with Crippen molar-refractivity contribution in [3.63, 3.8) is 0 Å². The van der Waals surface area contributed by atoms with Crippen LogP contribution in [0.4, 0.5) is 5.69 Å². The van der Waals surface area contributed by atoms with Crippen molar-refractivity contribution >= 4 is 38.7 Å². The van der Waals surface area contributed by atoms with Crippen molar-refractivity contribution in [1.82, 2.24) is 29.6 Å². The van der Waals surface area contributed by atoms with Crippen LogP contribution in [-0.2, 0) is 39.7 Å². The summed E-state index contributed by atoms with van der Waals surface area (Å²) < 4.78 is 0. The number of aromatic nitrogens is 2. The molecule has 0 spiro atoms. The van der Waals surface area contributed by atoms with Gasteiger partial charge in [0.2, 0.25) is 0 Å². The number of rotatable bonds is 10. The smallest absolute Gasteiger partial charge is 0 e. The molecule has 0 unspecified atom stereocenters. The molecule has 0 bridgehead atoms. The fraction of sp³-hybridized carbons (Fsp3) is 0.371. The number of amides is 1. The summed E-state index contributed by atoms with van der Waals surface area (Å²) in [6.07, 6.45) is 4.83. The quantitative estimate of drug-likeness (QED) is 0.248. The van der Waals surface area contributed by atoms with E-state index in [1.54, 1.807) is 61.6 Å². The summed E-state index contributed by atoms with van der Waals surface area (Å²) in [5, 5.41) is 21.9. The van der Waals surface area contributed by atoms with Gasteiger partial charge in [0.15, 0.2) is 0 Å². The number of nitrogens with zero attached hydrogens (tertiary/aromatic N) is 6. The third kappa shape index (κ3) is 20.9. The molecular formula is C35H47ClEuN9O7Pt-2. The van der Waals surface area contributed by atoms with E-state index >= 15 is 0 Å². The van der Waals surface area contributed by atoms with E-state index in [0.29, 0.717) is 70.2 Å². The Balaban J connectivity index is 0. The third-order valence-corrected chi connectivity index (χ3v) is 7.73. The Kier molecular flexibility index (Phi) is 29.4. The second kappa shape index (κ2) is 29.7. The average Bonchev–Trinajstić information content (AvgIpc) is 3.10. The summed E-state index contributed by atoms with van der Waals surface area (Å²) in [5.41, 5.74) is 3.50. The maximum absolute atomic E-state index is 12.4. The van der Waals surface area contributed by atoms with Crippen LogP contribution >= 0.6 is 9.42 Å². The molecule has 1 radical (unpaired) electrons. The number of halogens is 1. The van der Waals surface area contributed by atoms with Crippen molar-refractivity contribution in [3.8, 4) is 11.8 Å². The molecule has 300 valence electrons. The molecule has 1 saturated heterocycles. The number of carboxylic acids is 2. The van der Waals surface area contributed by atoms with Gasteiger partial charge in [-0.1, -0.05) is 11.8 Å². The Morgan fingerprint density at radius 3 is 1.67 bits per heavy atom. The minimum Gasteiger partial charge on any atom is -0.693 e. The SMILES string of the molecule is CC(=O)CN1CCN(CC(=O)O)CCN(Cc2cc(C#Cc3ccc(NC(=O)c4ccncc4)cc3)ccn2)CCN(CC(=O)O)CC1.O.[Cl][Pt].[Eu].[NH2-].[NH2-]. The van der Waals surface area contributed by atoms with Crippen LogP contribution in [0.2, 0.25) is 0 Å². The number of Topliss-reactive ketones (excluding diaryl/α,β-unsaturated/α-hetero) is 1. The van der Waals surface area contributed by atoms with Gasteiger partial charge in [-0.3, -0.25) is 48.7 Å². The fourth-order valence-electron chi connectivity index (χ4n) is 5.27. The first-order valence-corrected chi connectivity index (χ1v) is 18.7. The number of ketones is 1. The number of carbonyl (C=O) groups excluding carboxylic acids is 2. The molecule has 4 rings (SSSR count). The van der Waals surface area contributed by atoms with Crippen LogP contribution in [0, 0.1) is 61.2 Å². The van der Waals surface area contributed by atoms with Gasteiger partial charge >= 0.3 is 40.1 Å². The van der Waals surface area contributed by atoms with Gasteiger partial charge in [-0.05, 0) is 55.5 Å².